The van der Waals surface area contributed by atoms with E-state index in [4.69, 9.17) is 19.5 Å². The van der Waals surface area contributed by atoms with Crippen LogP contribution in [0.2, 0.25) is 0 Å². The van der Waals surface area contributed by atoms with E-state index in [1.807, 2.05) is 13.0 Å². The van der Waals surface area contributed by atoms with Crippen molar-refractivity contribution in [3.63, 3.8) is 0 Å². The normalized spacial score (nSPS) is 24.6. The van der Waals surface area contributed by atoms with Crippen LogP contribution in [0.15, 0.2) is 30.7 Å². The number of hydrogen-bond acceptors (Lipinski definition) is 7. The van der Waals surface area contributed by atoms with Crippen LogP contribution < -0.4 is 4.74 Å². The van der Waals surface area contributed by atoms with E-state index in [9.17, 15) is 9.18 Å². The van der Waals surface area contributed by atoms with Gasteiger partial charge in [-0.15, -0.1) is 0 Å². The molecule has 0 spiro atoms. The van der Waals surface area contributed by atoms with E-state index >= 15 is 0 Å². The zero-order valence-corrected chi connectivity index (χ0v) is 19.2. The van der Waals surface area contributed by atoms with Gasteiger partial charge in [-0.2, -0.15) is 10.2 Å². The van der Waals surface area contributed by atoms with Gasteiger partial charge in [0.05, 0.1) is 24.8 Å². The number of piperidine rings is 1. The molecule has 1 N–H and O–H groups in total. The molecule has 2 aromatic heterocycles. The number of carbonyl (C=O) groups excluding carboxylic acids is 1. The fourth-order valence-electron chi connectivity index (χ4n) is 4.94. The summed E-state index contributed by atoms with van der Waals surface area (Å²) in [5, 5.41) is 9.02. The average Bonchev–Trinajstić information content (AvgIpc) is 3.40. The van der Waals surface area contributed by atoms with E-state index in [0.717, 1.165) is 12.8 Å². The Hall–Kier alpha value is -3.71. The number of hydrogen-bond donors (Lipinski definition) is 1. The van der Waals surface area contributed by atoms with Gasteiger partial charge in [-0.3, -0.25) is 0 Å². The smallest absolute Gasteiger partial charge is 0.410 e. The van der Waals surface area contributed by atoms with Gasteiger partial charge in [0.2, 0.25) is 5.88 Å². The predicted octanol–water partition coefficient (Wildman–Crippen LogP) is 3.65. The Kier molecular flexibility index (Phi) is 5.11. The van der Waals surface area contributed by atoms with Crippen molar-refractivity contribution in [2.24, 2.45) is 11.8 Å². The SMILES string of the molecule is CC1(OC(=O)N2CC3COCC(C2)C3Oc2ncnc3c(-c4ccc(C#N)cc4F)c[nH]c23)CC1. The minimum atomic E-state index is -0.503. The van der Waals surface area contributed by atoms with Gasteiger partial charge < -0.3 is 24.1 Å². The predicted molar refractivity (Wildman–Crippen MR) is 122 cm³/mol. The maximum absolute atomic E-state index is 14.7. The van der Waals surface area contributed by atoms with E-state index in [2.05, 4.69) is 15.0 Å². The van der Waals surface area contributed by atoms with Crippen LogP contribution in [0.3, 0.4) is 0 Å². The number of aromatic amines is 1. The molecule has 1 aromatic carbocycles. The third-order valence-corrected chi connectivity index (χ3v) is 7.11. The van der Waals surface area contributed by atoms with Crippen LogP contribution in [-0.2, 0) is 9.47 Å². The first kappa shape index (κ1) is 21.8. The summed E-state index contributed by atoms with van der Waals surface area (Å²) < 4.78 is 32.5. The molecule has 2 atom stereocenters. The molecule has 35 heavy (non-hydrogen) atoms. The molecule has 3 aromatic rings. The molecule has 3 aliphatic rings. The number of rotatable bonds is 4. The van der Waals surface area contributed by atoms with Gasteiger partial charge in [0.1, 0.15) is 34.9 Å². The van der Waals surface area contributed by atoms with Gasteiger partial charge in [-0.05, 0) is 38.0 Å². The average molecular weight is 477 g/mol. The number of nitrogens with zero attached hydrogens (tertiary/aromatic N) is 4. The zero-order valence-electron chi connectivity index (χ0n) is 19.2. The van der Waals surface area contributed by atoms with Crippen molar-refractivity contribution in [3.8, 4) is 23.1 Å². The van der Waals surface area contributed by atoms with Crippen molar-refractivity contribution >= 4 is 17.1 Å². The summed E-state index contributed by atoms with van der Waals surface area (Å²) in [5.74, 6) is -0.189. The van der Waals surface area contributed by atoms with Crippen molar-refractivity contribution < 1.29 is 23.4 Å². The second-order valence-corrected chi connectivity index (χ2v) is 9.77. The van der Waals surface area contributed by atoms with Gasteiger partial charge >= 0.3 is 6.09 Å². The van der Waals surface area contributed by atoms with Crippen LogP contribution in [0.1, 0.15) is 25.3 Å². The molecule has 3 fully saturated rings. The van der Waals surface area contributed by atoms with E-state index in [-0.39, 0.29) is 35.2 Å². The van der Waals surface area contributed by atoms with Crippen molar-refractivity contribution in [3.05, 3.63) is 42.1 Å². The van der Waals surface area contributed by atoms with Crippen molar-refractivity contribution in [2.45, 2.75) is 31.5 Å². The number of fused-ring (bicyclic) bond motifs is 3. The molecule has 1 amide bonds. The molecule has 4 heterocycles. The first-order valence-corrected chi connectivity index (χ1v) is 11.7. The van der Waals surface area contributed by atoms with E-state index in [1.54, 1.807) is 23.2 Å². The van der Waals surface area contributed by atoms with Gasteiger partial charge in [0, 0.05) is 42.2 Å². The zero-order chi connectivity index (χ0) is 24.2. The number of H-pyrrole nitrogens is 1. The third kappa shape index (κ3) is 3.96. The largest absolute Gasteiger partial charge is 0.472 e. The monoisotopic (exact) mass is 477 g/mol. The second-order valence-electron chi connectivity index (χ2n) is 9.77. The molecular weight excluding hydrogens is 453 g/mol. The van der Waals surface area contributed by atoms with Gasteiger partial charge in [0.25, 0.3) is 0 Å². The Morgan fingerprint density at radius 1 is 1.26 bits per heavy atom. The molecule has 1 saturated carbocycles. The fourth-order valence-corrected chi connectivity index (χ4v) is 4.94. The van der Waals surface area contributed by atoms with Crippen LogP contribution in [0, 0.1) is 29.0 Å². The lowest BCUT2D eigenvalue weighted by molar-refractivity contribution is -0.111. The van der Waals surface area contributed by atoms with E-state index in [1.165, 1.54) is 12.4 Å². The molecule has 2 aliphatic heterocycles. The molecule has 10 heteroatoms. The minimum absolute atomic E-state index is 0.0301. The Morgan fingerprint density at radius 3 is 2.71 bits per heavy atom. The topological polar surface area (TPSA) is 113 Å². The Balaban J connectivity index is 1.25. The summed E-state index contributed by atoms with van der Waals surface area (Å²) in [6.45, 7) is 3.87. The summed E-state index contributed by atoms with van der Waals surface area (Å²) in [6, 6.07) is 6.28. The Labute approximate surface area is 200 Å². The highest BCUT2D eigenvalue weighted by atomic mass is 19.1. The number of carbonyl (C=O) groups is 1. The number of amides is 1. The number of nitrogens with one attached hydrogen (secondary N) is 1. The van der Waals surface area contributed by atoms with Crippen LogP contribution in [0.4, 0.5) is 9.18 Å². The van der Waals surface area contributed by atoms with E-state index in [0.29, 0.717) is 54.3 Å². The minimum Gasteiger partial charge on any atom is -0.472 e. The van der Waals surface area contributed by atoms with Gasteiger partial charge in [0.15, 0.2) is 0 Å². The first-order chi connectivity index (χ1) is 16.9. The lowest BCUT2D eigenvalue weighted by atomic mass is 9.84. The molecular formula is C25H24FN5O4. The Morgan fingerprint density at radius 2 is 2.03 bits per heavy atom. The summed E-state index contributed by atoms with van der Waals surface area (Å²) in [5.41, 5.74) is 1.92. The van der Waals surface area contributed by atoms with Crippen LogP contribution in [0.25, 0.3) is 22.2 Å². The molecule has 2 bridgehead atoms. The fraction of sp³-hybridized carbons (Fsp3) is 0.440. The molecule has 1 aliphatic carbocycles. The van der Waals surface area contributed by atoms with Crippen LogP contribution in [-0.4, -0.2) is 64.0 Å². The standard InChI is InChI=1S/C25H24FN5O4/c1-25(4-5-25)35-24(32)31-9-15-11-33-12-16(10-31)22(15)34-23-21-20(29-13-30-23)18(8-28-21)17-3-2-14(7-27)6-19(17)26/h2-3,6,8,13,15-16,22,28H,4-5,9-12H2,1H3. The molecule has 6 rings (SSSR count). The number of likely N-dealkylation sites (tertiary alicyclic amines) is 1. The summed E-state index contributed by atoms with van der Waals surface area (Å²) >= 11 is 0. The quantitative estimate of drug-likeness (QED) is 0.610. The second kappa shape index (κ2) is 8.20. The first-order valence-electron chi connectivity index (χ1n) is 11.7. The van der Waals surface area contributed by atoms with Crippen LogP contribution in [0.5, 0.6) is 5.88 Å². The number of nitriles is 1. The third-order valence-electron chi connectivity index (χ3n) is 7.11. The maximum Gasteiger partial charge on any atom is 0.410 e. The molecule has 0 radical (unpaired) electrons. The highest BCUT2D eigenvalue weighted by Gasteiger charge is 2.47. The van der Waals surface area contributed by atoms with Crippen molar-refractivity contribution in [1.82, 2.24) is 19.9 Å². The Bertz CT molecular complexity index is 1330. The van der Waals surface area contributed by atoms with Crippen LogP contribution >= 0.6 is 0 Å². The molecule has 9 nitrogen and oxygen atoms in total. The van der Waals surface area contributed by atoms with Gasteiger partial charge in [-0.1, -0.05) is 0 Å². The summed E-state index contributed by atoms with van der Waals surface area (Å²) in [6.07, 6.45) is 4.40. The number of halogens is 1. The lowest BCUT2D eigenvalue weighted by Gasteiger charge is -2.46. The maximum atomic E-state index is 14.7. The number of benzene rings is 1. The summed E-state index contributed by atoms with van der Waals surface area (Å²) in [4.78, 5) is 26.3. The van der Waals surface area contributed by atoms with Crippen molar-refractivity contribution in [2.75, 3.05) is 26.3 Å². The molecule has 2 saturated heterocycles. The number of aromatic nitrogens is 3. The van der Waals surface area contributed by atoms with Crippen molar-refractivity contribution in [1.29, 1.82) is 5.26 Å². The molecule has 180 valence electrons. The highest BCUT2D eigenvalue weighted by Crippen LogP contribution is 2.40. The number of ether oxygens (including phenoxy) is 3. The van der Waals surface area contributed by atoms with Gasteiger partial charge in [-0.25, -0.2) is 14.2 Å². The lowest BCUT2D eigenvalue weighted by Crippen LogP contribution is -2.59. The highest BCUT2D eigenvalue weighted by molar-refractivity contribution is 5.94. The molecule has 2 unspecified atom stereocenters. The van der Waals surface area contributed by atoms with E-state index < -0.39 is 5.82 Å². The summed E-state index contributed by atoms with van der Waals surface area (Å²) in [7, 11) is 0.